The number of aliphatic hydroxyl groups is 1. The number of halogens is 1. The van der Waals surface area contributed by atoms with Gasteiger partial charge >= 0.3 is 0 Å². The number of rotatable bonds is 3. The van der Waals surface area contributed by atoms with Crippen molar-refractivity contribution in [2.24, 2.45) is 11.3 Å². The maximum absolute atomic E-state index is 9.79. The van der Waals surface area contributed by atoms with E-state index >= 15 is 0 Å². The molecule has 2 heterocycles. The van der Waals surface area contributed by atoms with Crippen LogP contribution in [0.2, 0.25) is 5.02 Å². The van der Waals surface area contributed by atoms with Crippen molar-refractivity contribution in [3.8, 4) is 0 Å². The van der Waals surface area contributed by atoms with Gasteiger partial charge in [-0.2, -0.15) is 0 Å². The van der Waals surface area contributed by atoms with Crippen LogP contribution in [-0.2, 0) is 11.3 Å². The van der Waals surface area contributed by atoms with Gasteiger partial charge in [0.25, 0.3) is 0 Å². The van der Waals surface area contributed by atoms with Crippen molar-refractivity contribution >= 4 is 11.6 Å². The molecule has 1 aromatic carbocycles. The Bertz CT molecular complexity index is 493. The van der Waals surface area contributed by atoms with Crippen LogP contribution in [-0.4, -0.2) is 42.9 Å². The van der Waals surface area contributed by atoms with Crippen LogP contribution >= 0.6 is 11.6 Å². The zero-order valence-corrected chi connectivity index (χ0v) is 12.7. The molecule has 0 radical (unpaired) electrons. The summed E-state index contributed by atoms with van der Waals surface area (Å²) in [6, 6.07) is 6.28. The highest BCUT2D eigenvalue weighted by molar-refractivity contribution is 6.31. The van der Waals surface area contributed by atoms with Gasteiger partial charge in [0.2, 0.25) is 0 Å². The molecule has 0 unspecified atom stereocenters. The van der Waals surface area contributed by atoms with Crippen molar-refractivity contribution in [3.63, 3.8) is 0 Å². The molecule has 0 amide bonds. The highest BCUT2D eigenvalue weighted by Crippen LogP contribution is 2.41. The predicted molar refractivity (Wildman–Crippen MR) is 79.9 cm³/mol. The first-order chi connectivity index (χ1) is 9.63. The molecule has 4 heteroatoms. The van der Waals surface area contributed by atoms with Gasteiger partial charge < -0.3 is 9.84 Å². The minimum Gasteiger partial charge on any atom is -0.396 e. The van der Waals surface area contributed by atoms with Gasteiger partial charge in [0.15, 0.2) is 0 Å². The smallest absolute Gasteiger partial charge is 0.0559 e. The Kier molecular flexibility index (Phi) is 4.04. The van der Waals surface area contributed by atoms with Gasteiger partial charge in [-0.3, -0.25) is 4.90 Å². The normalized spacial score (nSPS) is 30.4. The van der Waals surface area contributed by atoms with Crippen molar-refractivity contribution in [3.05, 3.63) is 34.3 Å². The van der Waals surface area contributed by atoms with Crippen molar-refractivity contribution in [1.29, 1.82) is 0 Å². The lowest BCUT2D eigenvalue weighted by Crippen LogP contribution is -2.42. The number of hydrogen-bond donors (Lipinski definition) is 1. The third-order valence-corrected chi connectivity index (χ3v) is 5.25. The van der Waals surface area contributed by atoms with E-state index in [1.165, 1.54) is 5.56 Å². The second kappa shape index (κ2) is 5.64. The standard InChI is InChI=1S/C16H22ClNO2/c1-12-2-3-13(6-15(12)17)7-18-8-14-4-5-20-11-16(14,9-18)10-19/h2-3,6,14,19H,4-5,7-11H2,1H3/t14-,16+/m0/s1. The minimum atomic E-state index is -0.0489. The molecule has 3 nitrogen and oxygen atoms in total. The summed E-state index contributed by atoms with van der Waals surface area (Å²) in [6.07, 6.45) is 1.06. The first kappa shape index (κ1) is 14.3. The monoisotopic (exact) mass is 295 g/mol. The van der Waals surface area contributed by atoms with Crippen molar-refractivity contribution < 1.29 is 9.84 Å². The van der Waals surface area contributed by atoms with Crippen LogP contribution in [0, 0.1) is 18.3 Å². The van der Waals surface area contributed by atoms with E-state index in [4.69, 9.17) is 16.3 Å². The van der Waals surface area contributed by atoms with E-state index in [-0.39, 0.29) is 12.0 Å². The van der Waals surface area contributed by atoms with E-state index in [1.54, 1.807) is 0 Å². The highest BCUT2D eigenvalue weighted by Gasteiger charge is 2.47. The molecule has 0 saturated carbocycles. The van der Waals surface area contributed by atoms with E-state index in [2.05, 4.69) is 23.1 Å². The largest absolute Gasteiger partial charge is 0.396 e. The number of nitrogens with zero attached hydrogens (tertiary/aromatic N) is 1. The average Bonchev–Trinajstić information content (AvgIpc) is 2.81. The second-order valence-electron chi connectivity index (χ2n) is 6.31. The maximum Gasteiger partial charge on any atom is 0.0559 e. The van der Waals surface area contributed by atoms with Crippen molar-refractivity contribution in [2.75, 3.05) is 32.9 Å². The third kappa shape index (κ3) is 2.60. The zero-order chi connectivity index (χ0) is 14.2. The molecule has 1 aromatic rings. The van der Waals surface area contributed by atoms with Crippen LogP contribution in [0.1, 0.15) is 17.5 Å². The average molecular weight is 296 g/mol. The van der Waals surface area contributed by atoms with Gasteiger partial charge in [-0.05, 0) is 36.5 Å². The van der Waals surface area contributed by atoms with Crippen LogP contribution < -0.4 is 0 Å². The van der Waals surface area contributed by atoms with E-state index in [1.807, 2.05) is 6.92 Å². The van der Waals surface area contributed by atoms with Gasteiger partial charge in [0.05, 0.1) is 13.2 Å². The molecule has 2 atom stereocenters. The number of likely N-dealkylation sites (tertiary alicyclic amines) is 1. The van der Waals surface area contributed by atoms with Gasteiger partial charge in [-0.25, -0.2) is 0 Å². The molecule has 0 spiro atoms. The Morgan fingerprint density at radius 3 is 3.05 bits per heavy atom. The van der Waals surface area contributed by atoms with E-state index in [0.717, 1.165) is 43.2 Å². The molecule has 20 heavy (non-hydrogen) atoms. The summed E-state index contributed by atoms with van der Waals surface area (Å²) in [5.74, 6) is 0.558. The van der Waals surface area contributed by atoms with Crippen LogP contribution in [0.15, 0.2) is 18.2 Å². The fraction of sp³-hybridized carbons (Fsp3) is 0.625. The fourth-order valence-electron chi connectivity index (χ4n) is 3.54. The molecule has 1 N–H and O–H groups in total. The number of aryl methyl sites for hydroxylation is 1. The lowest BCUT2D eigenvalue weighted by Gasteiger charge is -2.36. The summed E-state index contributed by atoms with van der Waals surface area (Å²) in [5, 5.41) is 10.6. The zero-order valence-electron chi connectivity index (χ0n) is 11.9. The number of fused-ring (bicyclic) bond motifs is 1. The van der Waals surface area contributed by atoms with Crippen molar-refractivity contribution in [2.45, 2.75) is 19.9 Å². The molecule has 2 aliphatic heterocycles. The maximum atomic E-state index is 9.79. The quantitative estimate of drug-likeness (QED) is 0.930. The molecule has 110 valence electrons. The Balaban J connectivity index is 1.71. The van der Waals surface area contributed by atoms with Crippen LogP contribution in [0.5, 0.6) is 0 Å². The molecule has 0 aromatic heterocycles. The summed E-state index contributed by atoms with van der Waals surface area (Å²) >= 11 is 6.20. The highest BCUT2D eigenvalue weighted by atomic mass is 35.5. The summed E-state index contributed by atoms with van der Waals surface area (Å²) < 4.78 is 5.60. The SMILES string of the molecule is Cc1ccc(CN2C[C@@H]3CCOC[C@]3(CO)C2)cc1Cl. The molecular formula is C16H22ClNO2. The number of hydrogen-bond acceptors (Lipinski definition) is 3. The number of aliphatic hydroxyl groups excluding tert-OH is 1. The van der Waals surface area contributed by atoms with Crippen LogP contribution in [0.25, 0.3) is 0 Å². The summed E-state index contributed by atoms with van der Waals surface area (Å²) in [6.45, 7) is 6.64. The predicted octanol–water partition coefficient (Wildman–Crippen LogP) is 2.48. The number of ether oxygens (including phenoxy) is 1. The Hall–Kier alpha value is -0.610. The second-order valence-corrected chi connectivity index (χ2v) is 6.72. The van der Waals surface area contributed by atoms with Gasteiger partial charge in [0, 0.05) is 36.7 Å². The topological polar surface area (TPSA) is 32.7 Å². The third-order valence-electron chi connectivity index (χ3n) is 4.84. The lowest BCUT2D eigenvalue weighted by atomic mass is 9.76. The summed E-state index contributed by atoms with van der Waals surface area (Å²) in [4.78, 5) is 2.43. The van der Waals surface area contributed by atoms with Crippen molar-refractivity contribution in [1.82, 2.24) is 4.90 Å². The molecule has 2 fully saturated rings. The summed E-state index contributed by atoms with van der Waals surface area (Å²) in [7, 11) is 0. The van der Waals surface area contributed by atoms with Crippen LogP contribution in [0.4, 0.5) is 0 Å². The minimum absolute atomic E-state index is 0.0489. The van der Waals surface area contributed by atoms with E-state index in [9.17, 15) is 5.11 Å². The Morgan fingerprint density at radius 2 is 2.35 bits per heavy atom. The van der Waals surface area contributed by atoms with E-state index in [0.29, 0.717) is 12.5 Å². The molecule has 2 aliphatic rings. The molecular weight excluding hydrogens is 274 g/mol. The van der Waals surface area contributed by atoms with Gasteiger partial charge in [0.1, 0.15) is 0 Å². The molecule has 2 saturated heterocycles. The number of benzene rings is 1. The Morgan fingerprint density at radius 1 is 1.50 bits per heavy atom. The first-order valence-electron chi connectivity index (χ1n) is 7.29. The van der Waals surface area contributed by atoms with Crippen LogP contribution in [0.3, 0.4) is 0 Å². The summed E-state index contributed by atoms with van der Waals surface area (Å²) in [5.41, 5.74) is 2.31. The van der Waals surface area contributed by atoms with E-state index < -0.39 is 0 Å². The molecule has 3 rings (SSSR count). The molecule has 0 aliphatic carbocycles. The lowest BCUT2D eigenvalue weighted by molar-refractivity contribution is -0.0561. The fourth-order valence-corrected chi connectivity index (χ4v) is 3.75. The first-order valence-corrected chi connectivity index (χ1v) is 7.67. The van der Waals surface area contributed by atoms with Gasteiger partial charge in [-0.1, -0.05) is 23.7 Å². The van der Waals surface area contributed by atoms with Gasteiger partial charge in [-0.15, -0.1) is 0 Å². The molecule has 0 bridgehead atoms. The Labute approximate surface area is 125 Å².